The van der Waals surface area contributed by atoms with Gasteiger partial charge in [-0.1, -0.05) is 30.3 Å². The van der Waals surface area contributed by atoms with Crippen molar-refractivity contribution in [2.24, 2.45) is 0 Å². The maximum atomic E-state index is 11.8. The second-order valence-electron chi connectivity index (χ2n) is 3.99. The van der Waals surface area contributed by atoms with Crippen LogP contribution < -0.4 is 0 Å². The van der Waals surface area contributed by atoms with Crippen LogP contribution in [0.25, 0.3) is 0 Å². The predicted octanol–water partition coefficient (Wildman–Crippen LogP) is 2.70. The van der Waals surface area contributed by atoms with Gasteiger partial charge in [-0.25, -0.2) is 0 Å². The molecular weight excluding hydrogens is 222 g/mol. The highest BCUT2D eigenvalue weighted by Crippen LogP contribution is 2.06. The van der Waals surface area contributed by atoms with Gasteiger partial charge < -0.3 is 4.90 Å². The lowest BCUT2D eigenvalue weighted by molar-refractivity contribution is -0.131. The van der Waals surface area contributed by atoms with Gasteiger partial charge in [-0.3, -0.25) is 4.79 Å². The molecule has 0 spiro atoms. The number of carbonyl (C=O) groups is 1. The van der Waals surface area contributed by atoms with Gasteiger partial charge in [0.05, 0.1) is 0 Å². The Kier molecular flexibility index (Phi) is 5.33. The van der Waals surface area contributed by atoms with Crippen molar-refractivity contribution in [1.82, 2.24) is 4.90 Å². The number of carbonyl (C=O) groups excluding carboxylic acids is 1. The van der Waals surface area contributed by atoms with Gasteiger partial charge in [-0.15, -0.1) is 11.6 Å². The molecule has 0 heterocycles. The predicted molar refractivity (Wildman–Crippen MR) is 67.7 cm³/mol. The van der Waals surface area contributed by atoms with E-state index in [1.54, 1.807) is 11.9 Å². The van der Waals surface area contributed by atoms with Crippen molar-refractivity contribution >= 4 is 17.5 Å². The van der Waals surface area contributed by atoms with Crippen LogP contribution in [0.3, 0.4) is 0 Å². The summed E-state index contributed by atoms with van der Waals surface area (Å²) < 4.78 is 0. The monoisotopic (exact) mass is 239 g/mol. The summed E-state index contributed by atoms with van der Waals surface area (Å²) in [4.78, 5) is 13.5. The molecule has 0 saturated heterocycles. The number of rotatable bonds is 5. The molecule has 0 aliphatic rings. The fraction of sp³-hybridized carbons (Fsp3) is 0.462. The molecule has 3 heteroatoms. The number of alkyl halides is 1. The summed E-state index contributed by atoms with van der Waals surface area (Å²) in [6.07, 6.45) is 1.33. The fourth-order valence-corrected chi connectivity index (χ4v) is 1.63. The highest BCUT2D eigenvalue weighted by atomic mass is 35.5. The third-order valence-corrected chi connectivity index (χ3v) is 3.19. The topological polar surface area (TPSA) is 20.3 Å². The van der Waals surface area contributed by atoms with Crippen molar-refractivity contribution in [2.45, 2.75) is 25.8 Å². The molecule has 16 heavy (non-hydrogen) atoms. The van der Waals surface area contributed by atoms with Crippen molar-refractivity contribution in [1.29, 1.82) is 0 Å². The Bertz CT molecular complexity index is 326. The van der Waals surface area contributed by atoms with E-state index >= 15 is 0 Å². The second-order valence-corrected chi connectivity index (χ2v) is 4.30. The molecular formula is C13H18ClNO. The fourth-order valence-electron chi connectivity index (χ4n) is 1.42. The molecule has 1 atom stereocenters. The van der Waals surface area contributed by atoms with E-state index in [4.69, 9.17) is 11.6 Å². The molecule has 0 radical (unpaired) electrons. The van der Waals surface area contributed by atoms with E-state index in [9.17, 15) is 4.79 Å². The Morgan fingerprint density at radius 1 is 1.38 bits per heavy atom. The zero-order valence-corrected chi connectivity index (χ0v) is 10.6. The van der Waals surface area contributed by atoms with Gasteiger partial charge in [0.1, 0.15) is 0 Å². The molecule has 1 unspecified atom stereocenters. The van der Waals surface area contributed by atoms with Crippen molar-refractivity contribution < 1.29 is 4.79 Å². The van der Waals surface area contributed by atoms with E-state index in [0.29, 0.717) is 12.3 Å². The zero-order chi connectivity index (χ0) is 12.0. The van der Waals surface area contributed by atoms with Crippen molar-refractivity contribution in [3.05, 3.63) is 35.9 Å². The molecule has 0 aromatic heterocycles. The summed E-state index contributed by atoms with van der Waals surface area (Å²) in [7, 11) is 1.81. The number of nitrogens with zero attached hydrogens (tertiary/aromatic N) is 1. The van der Waals surface area contributed by atoms with E-state index in [1.807, 2.05) is 37.3 Å². The lowest BCUT2D eigenvalue weighted by atomic mass is 10.1. The number of aryl methyl sites for hydroxylation is 1. The maximum Gasteiger partial charge on any atom is 0.222 e. The Morgan fingerprint density at radius 3 is 2.56 bits per heavy atom. The molecule has 88 valence electrons. The number of halogens is 1. The molecule has 0 fully saturated rings. The van der Waals surface area contributed by atoms with Crippen LogP contribution in [0.5, 0.6) is 0 Å². The SMILES string of the molecule is CC(CCl)N(C)C(=O)CCc1ccccc1. The first kappa shape index (κ1) is 13.0. The molecule has 0 N–H and O–H groups in total. The highest BCUT2D eigenvalue weighted by Gasteiger charge is 2.14. The summed E-state index contributed by atoms with van der Waals surface area (Å²) in [6.45, 7) is 1.95. The smallest absolute Gasteiger partial charge is 0.222 e. The van der Waals surface area contributed by atoms with E-state index in [0.717, 1.165) is 6.42 Å². The van der Waals surface area contributed by atoms with Gasteiger partial charge in [0, 0.05) is 25.4 Å². The van der Waals surface area contributed by atoms with Crippen LogP contribution in [0, 0.1) is 0 Å². The van der Waals surface area contributed by atoms with Crippen molar-refractivity contribution in [3.8, 4) is 0 Å². The first-order valence-corrected chi connectivity index (χ1v) is 6.04. The Balaban J connectivity index is 2.41. The number of hydrogen-bond donors (Lipinski definition) is 0. The number of benzene rings is 1. The summed E-state index contributed by atoms with van der Waals surface area (Å²) >= 11 is 5.71. The summed E-state index contributed by atoms with van der Waals surface area (Å²) in [5.41, 5.74) is 1.20. The minimum atomic E-state index is 0.102. The largest absolute Gasteiger partial charge is 0.342 e. The minimum absolute atomic E-state index is 0.102. The van der Waals surface area contributed by atoms with Crippen molar-refractivity contribution in [3.63, 3.8) is 0 Å². The molecule has 1 aromatic rings. The number of hydrogen-bond acceptors (Lipinski definition) is 1. The normalized spacial score (nSPS) is 12.2. The van der Waals surface area contributed by atoms with Crippen LogP contribution in [0.4, 0.5) is 0 Å². The molecule has 0 aliphatic carbocycles. The van der Waals surface area contributed by atoms with Gasteiger partial charge in [-0.2, -0.15) is 0 Å². The molecule has 1 rings (SSSR count). The van der Waals surface area contributed by atoms with Gasteiger partial charge in [-0.05, 0) is 18.9 Å². The molecule has 0 bridgehead atoms. The van der Waals surface area contributed by atoms with Crippen LogP contribution in [0.15, 0.2) is 30.3 Å². The van der Waals surface area contributed by atoms with Crippen LogP contribution in [0.1, 0.15) is 18.9 Å². The molecule has 1 aromatic carbocycles. The highest BCUT2D eigenvalue weighted by molar-refractivity contribution is 6.18. The lowest BCUT2D eigenvalue weighted by Gasteiger charge is -2.23. The minimum Gasteiger partial charge on any atom is -0.342 e. The van der Waals surface area contributed by atoms with E-state index in [-0.39, 0.29) is 11.9 Å². The van der Waals surface area contributed by atoms with E-state index < -0.39 is 0 Å². The van der Waals surface area contributed by atoms with Crippen LogP contribution in [-0.2, 0) is 11.2 Å². The average Bonchev–Trinajstić information content (AvgIpc) is 2.35. The summed E-state index contributed by atoms with van der Waals surface area (Å²) in [5, 5.41) is 0. The first-order valence-electron chi connectivity index (χ1n) is 5.50. The quantitative estimate of drug-likeness (QED) is 0.724. The Morgan fingerprint density at radius 2 is 2.00 bits per heavy atom. The van der Waals surface area contributed by atoms with E-state index in [1.165, 1.54) is 5.56 Å². The standard InChI is InChI=1S/C13H18ClNO/c1-11(10-14)15(2)13(16)9-8-12-6-4-3-5-7-12/h3-7,11H,8-10H2,1-2H3. The molecule has 2 nitrogen and oxygen atoms in total. The van der Waals surface area contributed by atoms with Crippen molar-refractivity contribution in [2.75, 3.05) is 12.9 Å². The molecule has 0 aliphatic heterocycles. The summed E-state index contributed by atoms with van der Waals surface area (Å²) in [5.74, 6) is 0.630. The lowest BCUT2D eigenvalue weighted by Crippen LogP contribution is -2.36. The zero-order valence-electron chi connectivity index (χ0n) is 9.82. The summed E-state index contributed by atoms with van der Waals surface area (Å²) in [6, 6.07) is 10.1. The van der Waals surface area contributed by atoms with Crippen LogP contribution >= 0.6 is 11.6 Å². The van der Waals surface area contributed by atoms with Gasteiger partial charge in [0.2, 0.25) is 5.91 Å². The third kappa shape index (κ3) is 3.86. The maximum absolute atomic E-state index is 11.8. The average molecular weight is 240 g/mol. The first-order chi connectivity index (χ1) is 7.65. The third-order valence-electron chi connectivity index (χ3n) is 2.75. The van der Waals surface area contributed by atoms with Crippen LogP contribution in [0.2, 0.25) is 0 Å². The molecule has 1 amide bonds. The van der Waals surface area contributed by atoms with Gasteiger partial charge in [0.25, 0.3) is 0 Å². The number of amides is 1. The Labute approximate surface area is 102 Å². The molecule has 0 saturated carbocycles. The van der Waals surface area contributed by atoms with E-state index in [2.05, 4.69) is 0 Å². The Hall–Kier alpha value is -1.02. The van der Waals surface area contributed by atoms with Crippen LogP contribution in [-0.4, -0.2) is 29.8 Å². The second kappa shape index (κ2) is 6.54. The van der Waals surface area contributed by atoms with Gasteiger partial charge >= 0.3 is 0 Å². The van der Waals surface area contributed by atoms with Gasteiger partial charge in [0.15, 0.2) is 0 Å².